The van der Waals surface area contributed by atoms with E-state index in [0.717, 1.165) is 17.8 Å². The molecule has 1 aromatic rings. The summed E-state index contributed by atoms with van der Waals surface area (Å²) < 4.78 is 38.5. The number of alkyl halides is 3. The van der Waals surface area contributed by atoms with Crippen LogP contribution in [0.25, 0.3) is 0 Å². The third-order valence-corrected chi connectivity index (χ3v) is 2.76. The summed E-state index contributed by atoms with van der Waals surface area (Å²) in [6.45, 7) is 5.83. The average molecular weight is 281 g/mol. The molecule has 0 bridgehead atoms. The van der Waals surface area contributed by atoms with E-state index in [1.807, 2.05) is 13.0 Å². The van der Waals surface area contributed by atoms with E-state index in [1.54, 1.807) is 18.0 Å². The predicted molar refractivity (Wildman–Crippen MR) is 71.2 cm³/mol. The Morgan fingerprint density at radius 2 is 2.20 bits per heavy atom. The minimum absolute atomic E-state index is 0.150. The molecule has 106 valence electrons. The van der Waals surface area contributed by atoms with E-state index in [-0.39, 0.29) is 5.82 Å². The van der Waals surface area contributed by atoms with Gasteiger partial charge in [0, 0.05) is 19.8 Å². The number of hydrogen-bond acceptors (Lipinski definition) is 3. The second-order valence-corrected chi connectivity index (χ2v) is 4.12. The lowest BCUT2D eigenvalue weighted by molar-refractivity contribution is -0.137. The molecule has 1 rings (SSSR count). The van der Waals surface area contributed by atoms with Gasteiger partial charge in [0.05, 0.1) is 11.1 Å². The summed E-state index contributed by atoms with van der Waals surface area (Å²) >= 11 is 0. The van der Waals surface area contributed by atoms with E-state index in [4.69, 9.17) is 5.26 Å². The van der Waals surface area contributed by atoms with Crippen molar-refractivity contribution in [3.8, 4) is 6.07 Å². The van der Waals surface area contributed by atoms with Gasteiger partial charge in [0.15, 0.2) is 0 Å². The fourth-order valence-electron chi connectivity index (χ4n) is 1.61. The molecule has 0 N–H and O–H groups in total. The van der Waals surface area contributed by atoms with Crippen molar-refractivity contribution in [3.05, 3.63) is 47.7 Å². The molecule has 6 heteroatoms. The van der Waals surface area contributed by atoms with Crippen LogP contribution in [0.4, 0.5) is 19.0 Å². The van der Waals surface area contributed by atoms with Gasteiger partial charge < -0.3 is 4.90 Å². The zero-order chi connectivity index (χ0) is 15.3. The van der Waals surface area contributed by atoms with Gasteiger partial charge in [0.1, 0.15) is 11.9 Å². The van der Waals surface area contributed by atoms with Crippen molar-refractivity contribution in [3.63, 3.8) is 0 Å². The Balaban J connectivity index is 3.16. The molecule has 0 amide bonds. The van der Waals surface area contributed by atoms with Gasteiger partial charge in [-0.3, -0.25) is 0 Å². The minimum atomic E-state index is -4.58. The highest BCUT2D eigenvalue weighted by molar-refractivity contribution is 5.49. The molecule has 0 aromatic carbocycles. The lowest BCUT2D eigenvalue weighted by atomic mass is 10.1. The Bertz CT molecular complexity index is 568. The molecule has 0 spiro atoms. The van der Waals surface area contributed by atoms with Crippen molar-refractivity contribution in [2.45, 2.75) is 13.1 Å². The SMILES string of the molecule is C=C/C(=C\C)CN(C)c1cc(C(F)(F)F)c(C#N)cn1. The summed E-state index contributed by atoms with van der Waals surface area (Å²) in [5, 5.41) is 8.71. The Kier molecular flexibility index (Phi) is 4.92. The summed E-state index contributed by atoms with van der Waals surface area (Å²) in [4.78, 5) is 5.45. The maximum atomic E-state index is 12.8. The third kappa shape index (κ3) is 3.60. The Labute approximate surface area is 115 Å². The van der Waals surface area contributed by atoms with Gasteiger partial charge in [-0.1, -0.05) is 18.7 Å². The number of pyridine rings is 1. The summed E-state index contributed by atoms with van der Waals surface area (Å²) in [7, 11) is 1.63. The van der Waals surface area contributed by atoms with E-state index in [9.17, 15) is 13.2 Å². The first-order valence-electron chi connectivity index (χ1n) is 5.79. The van der Waals surface area contributed by atoms with Crippen LogP contribution in [-0.2, 0) is 6.18 Å². The number of aromatic nitrogens is 1. The molecule has 0 radical (unpaired) electrons. The number of nitrogens with zero attached hydrogens (tertiary/aromatic N) is 3. The number of allylic oxidation sites excluding steroid dienone is 1. The van der Waals surface area contributed by atoms with Crippen molar-refractivity contribution in [1.29, 1.82) is 5.26 Å². The van der Waals surface area contributed by atoms with Gasteiger partial charge in [-0.15, -0.1) is 0 Å². The molecule has 3 nitrogen and oxygen atoms in total. The summed E-state index contributed by atoms with van der Waals surface area (Å²) in [5.41, 5.74) is -0.589. The van der Waals surface area contributed by atoms with E-state index >= 15 is 0 Å². The van der Waals surface area contributed by atoms with Crippen LogP contribution in [-0.4, -0.2) is 18.6 Å². The highest BCUT2D eigenvalue weighted by atomic mass is 19.4. The van der Waals surface area contributed by atoms with Crippen molar-refractivity contribution in [1.82, 2.24) is 4.98 Å². The Hall–Kier alpha value is -2.29. The molecule has 0 aliphatic heterocycles. The Morgan fingerprint density at radius 1 is 1.55 bits per heavy atom. The first-order valence-corrected chi connectivity index (χ1v) is 5.79. The van der Waals surface area contributed by atoms with Gasteiger partial charge in [0.25, 0.3) is 0 Å². The Morgan fingerprint density at radius 3 is 2.65 bits per heavy atom. The molecular weight excluding hydrogens is 267 g/mol. The van der Waals surface area contributed by atoms with Crippen molar-refractivity contribution >= 4 is 5.82 Å². The predicted octanol–water partition coefficient (Wildman–Crippen LogP) is 3.54. The molecule has 0 saturated heterocycles. The average Bonchev–Trinajstić information content (AvgIpc) is 2.42. The number of likely N-dealkylation sites (N-methyl/N-ethyl adjacent to an activating group) is 1. The fourth-order valence-corrected chi connectivity index (χ4v) is 1.61. The molecule has 0 aliphatic rings. The molecule has 0 atom stereocenters. The van der Waals surface area contributed by atoms with Gasteiger partial charge in [-0.2, -0.15) is 18.4 Å². The molecular formula is C14H14F3N3. The van der Waals surface area contributed by atoms with Gasteiger partial charge in [0.2, 0.25) is 0 Å². The van der Waals surface area contributed by atoms with Crippen molar-refractivity contribution in [2.75, 3.05) is 18.5 Å². The lowest BCUT2D eigenvalue weighted by Gasteiger charge is -2.20. The standard InChI is InChI=1S/C14H14F3N3/c1-4-10(5-2)9-20(3)13-6-12(14(15,16)17)11(7-18)8-19-13/h4-6,8H,1,9H2,2-3H3/b10-5+. The van der Waals surface area contributed by atoms with Gasteiger partial charge >= 0.3 is 6.18 Å². The minimum Gasteiger partial charge on any atom is -0.355 e. The zero-order valence-electron chi connectivity index (χ0n) is 11.2. The van der Waals surface area contributed by atoms with Crippen LogP contribution in [0.2, 0.25) is 0 Å². The van der Waals surface area contributed by atoms with Gasteiger partial charge in [-0.25, -0.2) is 4.98 Å². The van der Waals surface area contributed by atoms with Gasteiger partial charge in [-0.05, 0) is 18.6 Å². The number of halogens is 3. The first kappa shape index (κ1) is 15.8. The summed E-state index contributed by atoms with van der Waals surface area (Å²) in [6.07, 6.45) is -0.189. The topological polar surface area (TPSA) is 39.9 Å². The van der Waals surface area contributed by atoms with Crippen LogP contribution in [0.1, 0.15) is 18.1 Å². The van der Waals surface area contributed by atoms with Crippen LogP contribution in [0.3, 0.4) is 0 Å². The number of rotatable bonds is 4. The van der Waals surface area contributed by atoms with Crippen LogP contribution in [0.5, 0.6) is 0 Å². The van der Waals surface area contributed by atoms with Crippen molar-refractivity contribution in [2.24, 2.45) is 0 Å². The molecule has 0 aliphatic carbocycles. The second kappa shape index (κ2) is 6.24. The van der Waals surface area contributed by atoms with E-state index in [2.05, 4.69) is 11.6 Å². The van der Waals surface area contributed by atoms with Crippen LogP contribution >= 0.6 is 0 Å². The van der Waals surface area contributed by atoms with Crippen LogP contribution in [0.15, 0.2) is 36.6 Å². The molecule has 20 heavy (non-hydrogen) atoms. The monoisotopic (exact) mass is 281 g/mol. The van der Waals surface area contributed by atoms with E-state index < -0.39 is 17.3 Å². The smallest absolute Gasteiger partial charge is 0.355 e. The fraction of sp³-hybridized carbons (Fsp3) is 0.286. The molecule has 1 heterocycles. The number of nitriles is 1. The molecule has 0 fully saturated rings. The van der Waals surface area contributed by atoms with E-state index in [0.29, 0.717) is 6.54 Å². The molecule has 1 aromatic heterocycles. The summed E-state index contributed by atoms with van der Waals surface area (Å²) in [5.74, 6) is 0.150. The first-order chi connectivity index (χ1) is 9.33. The van der Waals surface area contributed by atoms with E-state index in [1.165, 1.54) is 6.07 Å². The van der Waals surface area contributed by atoms with Crippen LogP contribution in [0, 0.1) is 11.3 Å². The maximum Gasteiger partial charge on any atom is 0.417 e. The largest absolute Gasteiger partial charge is 0.417 e. The molecule has 0 saturated carbocycles. The van der Waals surface area contributed by atoms with Crippen LogP contribution < -0.4 is 4.90 Å². The number of hydrogen-bond donors (Lipinski definition) is 0. The quantitative estimate of drug-likeness (QED) is 0.792. The second-order valence-electron chi connectivity index (χ2n) is 4.12. The summed E-state index contributed by atoms with van der Waals surface area (Å²) in [6, 6.07) is 2.39. The maximum absolute atomic E-state index is 12.8. The molecule has 0 unspecified atom stereocenters. The highest BCUT2D eigenvalue weighted by Gasteiger charge is 2.34. The normalized spacial score (nSPS) is 11.9. The lowest BCUT2D eigenvalue weighted by Crippen LogP contribution is -2.22. The highest BCUT2D eigenvalue weighted by Crippen LogP contribution is 2.33. The third-order valence-electron chi connectivity index (χ3n) is 2.76. The zero-order valence-corrected chi connectivity index (χ0v) is 11.2. The number of anilines is 1. The van der Waals surface area contributed by atoms with Crippen molar-refractivity contribution < 1.29 is 13.2 Å².